The molecule has 0 aliphatic heterocycles. The van der Waals surface area contributed by atoms with Crippen LogP contribution in [0, 0.1) is 6.92 Å². The van der Waals surface area contributed by atoms with E-state index in [1.165, 1.54) is 6.33 Å². The summed E-state index contributed by atoms with van der Waals surface area (Å²) in [5.74, 6) is 0.672. The van der Waals surface area contributed by atoms with Crippen LogP contribution in [0.5, 0.6) is 0 Å². The number of anilines is 1. The highest BCUT2D eigenvalue weighted by Crippen LogP contribution is 2.29. The molecule has 90 valence electrons. The van der Waals surface area contributed by atoms with Gasteiger partial charge in [0.25, 0.3) is 0 Å². The fourth-order valence-corrected chi connectivity index (χ4v) is 2.54. The van der Waals surface area contributed by atoms with Gasteiger partial charge >= 0.3 is 0 Å². The van der Waals surface area contributed by atoms with Crippen molar-refractivity contribution >= 4 is 44.7 Å². The van der Waals surface area contributed by atoms with Crippen LogP contribution in [0.25, 0.3) is 0 Å². The van der Waals surface area contributed by atoms with Crippen molar-refractivity contribution in [2.75, 3.05) is 5.32 Å². The number of aromatic nitrogens is 3. The van der Waals surface area contributed by atoms with Gasteiger partial charge in [0.1, 0.15) is 22.3 Å². The van der Waals surface area contributed by atoms with Gasteiger partial charge in [0.05, 0.1) is 10.5 Å². The summed E-state index contributed by atoms with van der Waals surface area (Å²) in [4.78, 5) is 12.4. The van der Waals surface area contributed by atoms with E-state index in [1.54, 1.807) is 11.3 Å². The summed E-state index contributed by atoms with van der Waals surface area (Å²) in [5, 5.41) is 6.68. The number of rotatable bonds is 3. The number of thiazole rings is 1. The summed E-state index contributed by atoms with van der Waals surface area (Å²) in [6, 6.07) is 0.0796. The van der Waals surface area contributed by atoms with Crippen molar-refractivity contribution in [3.05, 3.63) is 32.0 Å². The lowest BCUT2D eigenvalue weighted by molar-refractivity contribution is 0.851. The van der Waals surface area contributed by atoms with Gasteiger partial charge < -0.3 is 5.32 Å². The van der Waals surface area contributed by atoms with Crippen LogP contribution < -0.4 is 5.32 Å². The Labute approximate surface area is 117 Å². The Morgan fingerprint density at radius 2 is 2.24 bits per heavy atom. The average Bonchev–Trinajstić information content (AvgIpc) is 2.72. The van der Waals surface area contributed by atoms with Gasteiger partial charge in [-0.15, -0.1) is 11.3 Å². The van der Waals surface area contributed by atoms with Gasteiger partial charge in [-0.2, -0.15) is 0 Å². The van der Waals surface area contributed by atoms with Crippen LogP contribution >= 0.6 is 38.9 Å². The van der Waals surface area contributed by atoms with E-state index in [9.17, 15) is 0 Å². The second-order valence-electron chi connectivity index (χ2n) is 3.52. The minimum atomic E-state index is 0.0796. The zero-order chi connectivity index (χ0) is 12.4. The standard InChI is InChI=1S/C10H10BrClN4S/c1-5-3-17-10(15-5)6(2)16-9-7(11)8(12)13-4-14-9/h3-4,6H,1-2H3,(H,13,14,16). The van der Waals surface area contributed by atoms with Crippen LogP contribution in [0.2, 0.25) is 5.15 Å². The second kappa shape index (κ2) is 5.29. The zero-order valence-corrected chi connectivity index (χ0v) is 12.4. The average molecular weight is 334 g/mol. The Bertz CT molecular complexity index is 531. The molecule has 1 N–H and O–H groups in total. The van der Waals surface area contributed by atoms with Gasteiger partial charge in [0, 0.05) is 11.1 Å². The van der Waals surface area contributed by atoms with Gasteiger partial charge in [-0.25, -0.2) is 15.0 Å². The SMILES string of the molecule is Cc1csc(C(C)Nc2ncnc(Cl)c2Br)n1. The molecule has 0 spiro atoms. The Morgan fingerprint density at radius 1 is 1.47 bits per heavy atom. The molecule has 0 aliphatic rings. The fraction of sp³-hybridized carbons (Fsp3) is 0.300. The second-order valence-corrected chi connectivity index (χ2v) is 5.56. The molecule has 1 unspecified atom stereocenters. The van der Waals surface area contributed by atoms with Crippen LogP contribution in [0.4, 0.5) is 5.82 Å². The predicted octanol–water partition coefficient (Wildman–Crippen LogP) is 3.83. The van der Waals surface area contributed by atoms with Gasteiger partial charge in [-0.1, -0.05) is 11.6 Å². The lowest BCUT2D eigenvalue weighted by Crippen LogP contribution is -2.08. The first-order valence-corrected chi connectivity index (χ1v) is 6.97. The van der Waals surface area contributed by atoms with E-state index in [4.69, 9.17) is 11.6 Å². The van der Waals surface area contributed by atoms with Crippen LogP contribution in [-0.4, -0.2) is 15.0 Å². The molecular formula is C10H10BrClN4S. The van der Waals surface area contributed by atoms with E-state index >= 15 is 0 Å². The maximum absolute atomic E-state index is 5.90. The van der Waals surface area contributed by atoms with E-state index in [2.05, 4.69) is 36.2 Å². The highest BCUT2D eigenvalue weighted by atomic mass is 79.9. The normalized spacial score (nSPS) is 12.5. The summed E-state index contributed by atoms with van der Waals surface area (Å²) >= 11 is 10.9. The Morgan fingerprint density at radius 3 is 2.88 bits per heavy atom. The van der Waals surface area contributed by atoms with Crippen molar-refractivity contribution in [1.82, 2.24) is 15.0 Å². The number of hydrogen-bond donors (Lipinski definition) is 1. The molecule has 2 heterocycles. The van der Waals surface area contributed by atoms with Crippen LogP contribution in [-0.2, 0) is 0 Å². The van der Waals surface area contributed by atoms with Gasteiger partial charge in [0.2, 0.25) is 0 Å². The first-order chi connectivity index (χ1) is 8.08. The smallest absolute Gasteiger partial charge is 0.148 e. The number of halogens is 2. The molecule has 0 aliphatic carbocycles. The molecule has 17 heavy (non-hydrogen) atoms. The van der Waals surface area contributed by atoms with Crippen LogP contribution in [0.15, 0.2) is 16.2 Å². The quantitative estimate of drug-likeness (QED) is 0.867. The molecule has 0 amide bonds. The third kappa shape index (κ3) is 2.94. The molecular weight excluding hydrogens is 324 g/mol. The molecule has 1 atom stereocenters. The summed E-state index contributed by atoms with van der Waals surface area (Å²) < 4.78 is 0.668. The molecule has 2 rings (SSSR count). The van der Waals surface area contributed by atoms with E-state index in [0.717, 1.165) is 10.7 Å². The number of aryl methyl sites for hydroxylation is 1. The van der Waals surface area contributed by atoms with Gasteiger partial charge in [-0.3, -0.25) is 0 Å². The van der Waals surface area contributed by atoms with E-state index in [0.29, 0.717) is 15.4 Å². The zero-order valence-electron chi connectivity index (χ0n) is 9.24. The monoisotopic (exact) mass is 332 g/mol. The number of hydrogen-bond acceptors (Lipinski definition) is 5. The molecule has 7 heteroatoms. The molecule has 0 aromatic carbocycles. The Hall–Kier alpha value is -0.720. The predicted molar refractivity (Wildman–Crippen MR) is 73.6 cm³/mol. The molecule has 0 radical (unpaired) electrons. The first-order valence-electron chi connectivity index (χ1n) is 4.92. The molecule has 0 bridgehead atoms. The van der Waals surface area contributed by atoms with E-state index < -0.39 is 0 Å². The highest BCUT2D eigenvalue weighted by Gasteiger charge is 2.13. The molecule has 0 fully saturated rings. The lowest BCUT2D eigenvalue weighted by Gasteiger charge is -2.13. The first kappa shape index (κ1) is 12.7. The maximum atomic E-state index is 5.90. The van der Waals surface area contributed by atoms with Crippen LogP contribution in [0.1, 0.15) is 23.7 Å². The molecule has 2 aromatic rings. The van der Waals surface area contributed by atoms with Crippen molar-refractivity contribution in [3.63, 3.8) is 0 Å². The minimum absolute atomic E-state index is 0.0796. The van der Waals surface area contributed by atoms with Crippen molar-refractivity contribution in [1.29, 1.82) is 0 Å². The molecule has 4 nitrogen and oxygen atoms in total. The molecule has 0 saturated carbocycles. The number of nitrogens with zero attached hydrogens (tertiary/aromatic N) is 3. The lowest BCUT2D eigenvalue weighted by atomic mass is 10.3. The fourth-order valence-electron chi connectivity index (χ4n) is 1.29. The van der Waals surface area contributed by atoms with Crippen LogP contribution in [0.3, 0.4) is 0 Å². The van der Waals surface area contributed by atoms with Gasteiger partial charge in [-0.05, 0) is 29.8 Å². The molecule has 2 aromatic heterocycles. The van der Waals surface area contributed by atoms with Gasteiger partial charge in [0.15, 0.2) is 0 Å². The van der Waals surface area contributed by atoms with E-state index in [-0.39, 0.29) is 6.04 Å². The summed E-state index contributed by atoms with van der Waals surface area (Å²) in [6.07, 6.45) is 1.43. The Balaban J connectivity index is 2.18. The minimum Gasteiger partial charge on any atom is -0.360 e. The summed E-state index contributed by atoms with van der Waals surface area (Å²) in [6.45, 7) is 4.00. The number of nitrogens with one attached hydrogen (secondary N) is 1. The van der Waals surface area contributed by atoms with Crippen molar-refractivity contribution in [3.8, 4) is 0 Å². The van der Waals surface area contributed by atoms with Crippen molar-refractivity contribution < 1.29 is 0 Å². The molecule has 0 saturated heterocycles. The maximum Gasteiger partial charge on any atom is 0.148 e. The Kier molecular flexibility index (Phi) is 3.96. The summed E-state index contributed by atoms with van der Waals surface area (Å²) in [7, 11) is 0. The third-order valence-electron chi connectivity index (χ3n) is 2.11. The summed E-state index contributed by atoms with van der Waals surface area (Å²) in [5.41, 5.74) is 1.03. The van der Waals surface area contributed by atoms with Crippen molar-refractivity contribution in [2.24, 2.45) is 0 Å². The highest BCUT2D eigenvalue weighted by molar-refractivity contribution is 9.10. The largest absolute Gasteiger partial charge is 0.360 e. The van der Waals surface area contributed by atoms with Crippen molar-refractivity contribution in [2.45, 2.75) is 19.9 Å². The third-order valence-corrected chi connectivity index (χ3v) is 4.52. The van der Waals surface area contributed by atoms with E-state index in [1.807, 2.05) is 19.2 Å². The topological polar surface area (TPSA) is 50.7 Å².